The second-order valence-electron chi connectivity index (χ2n) is 4.43. The Morgan fingerprint density at radius 1 is 1.53 bits per heavy atom. The number of ether oxygens (including phenoxy) is 1. The molecule has 102 valence electrons. The van der Waals surface area contributed by atoms with Crippen LogP contribution in [0.2, 0.25) is 0 Å². The lowest BCUT2D eigenvalue weighted by molar-refractivity contribution is -0.384. The van der Waals surface area contributed by atoms with Gasteiger partial charge < -0.3 is 15.2 Å². The summed E-state index contributed by atoms with van der Waals surface area (Å²) in [4.78, 5) is 21.5. The molecule has 0 unspecified atom stereocenters. The Bertz CT molecular complexity index is 479. The summed E-state index contributed by atoms with van der Waals surface area (Å²) in [7, 11) is 1.61. The van der Waals surface area contributed by atoms with E-state index in [9.17, 15) is 14.9 Å². The van der Waals surface area contributed by atoms with Crippen molar-refractivity contribution in [2.24, 2.45) is 0 Å². The number of carbonyl (C=O) groups is 1. The molecule has 7 nitrogen and oxygen atoms in total. The zero-order chi connectivity index (χ0) is 14.0. The van der Waals surface area contributed by atoms with E-state index in [0.717, 1.165) is 0 Å². The number of nitrogens with zero attached hydrogens (tertiary/aromatic N) is 1. The highest BCUT2D eigenvalue weighted by molar-refractivity contribution is 5.96. The summed E-state index contributed by atoms with van der Waals surface area (Å²) in [5.74, 6) is -1.19. The number of nitro benzene ring substituents is 1. The average Bonchev–Trinajstić information content (AvgIpc) is 2.32. The summed E-state index contributed by atoms with van der Waals surface area (Å²) in [6.07, 6.45) is 1.55. The van der Waals surface area contributed by atoms with E-state index in [-0.39, 0.29) is 29.1 Å². The van der Waals surface area contributed by atoms with Gasteiger partial charge in [0.2, 0.25) is 0 Å². The standard InChI is InChI=1S/C12H14N2O5/c1-19-8-5-7(6-8)13-11-9(12(15)16)3-2-4-10(11)14(17)18/h2-4,7-8,13H,5-6H2,1H3,(H,15,16). The van der Waals surface area contributed by atoms with E-state index in [1.807, 2.05) is 0 Å². The molecule has 1 aliphatic carbocycles. The van der Waals surface area contributed by atoms with Crippen molar-refractivity contribution in [1.82, 2.24) is 0 Å². The van der Waals surface area contributed by atoms with E-state index in [2.05, 4.69) is 5.32 Å². The fraction of sp³-hybridized carbons (Fsp3) is 0.417. The maximum absolute atomic E-state index is 11.1. The van der Waals surface area contributed by atoms with Crippen molar-refractivity contribution >= 4 is 17.3 Å². The molecule has 2 rings (SSSR count). The van der Waals surface area contributed by atoms with Crippen LogP contribution in [0.1, 0.15) is 23.2 Å². The lowest BCUT2D eigenvalue weighted by Gasteiger charge is -2.35. The minimum absolute atomic E-state index is 0.00384. The van der Waals surface area contributed by atoms with Crippen molar-refractivity contribution in [1.29, 1.82) is 0 Å². The first-order valence-corrected chi connectivity index (χ1v) is 5.83. The van der Waals surface area contributed by atoms with Crippen molar-refractivity contribution in [3.8, 4) is 0 Å². The first kappa shape index (κ1) is 13.3. The predicted molar refractivity (Wildman–Crippen MR) is 67.5 cm³/mol. The quantitative estimate of drug-likeness (QED) is 0.623. The molecule has 1 saturated carbocycles. The maximum Gasteiger partial charge on any atom is 0.338 e. The number of nitro groups is 1. The lowest BCUT2D eigenvalue weighted by atomic mass is 9.88. The third kappa shape index (κ3) is 2.65. The second kappa shape index (κ2) is 5.23. The van der Waals surface area contributed by atoms with Crippen LogP contribution in [0.4, 0.5) is 11.4 Å². The third-order valence-electron chi connectivity index (χ3n) is 3.25. The summed E-state index contributed by atoms with van der Waals surface area (Å²) in [5.41, 5.74) is -0.240. The zero-order valence-electron chi connectivity index (χ0n) is 10.3. The Hall–Kier alpha value is -2.15. The largest absolute Gasteiger partial charge is 0.478 e. The van der Waals surface area contributed by atoms with Gasteiger partial charge in [-0.3, -0.25) is 10.1 Å². The minimum atomic E-state index is -1.19. The first-order valence-electron chi connectivity index (χ1n) is 5.83. The fourth-order valence-electron chi connectivity index (χ4n) is 2.10. The van der Waals surface area contributed by atoms with Crippen molar-refractivity contribution < 1.29 is 19.6 Å². The topological polar surface area (TPSA) is 102 Å². The van der Waals surface area contributed by atoms with E-state index in [4.69, 9.17) is 9.84 Å². The van der Waals surface area contributed by atoms with E-state index in [0.29, 0.717) is 12.8 Å². The highest BCUT2D eigenvalue weighted by Crippen LogP contribution is 2.33. The van der Waals surface area contributed by atoms with Crippen molar-refractivity contribution in [2.75, 3.05) is 12.4 Å². The maximum atomic E-state index is 11.1. The highest BCUT2D eigenvalue weighted by atomic mass is 16.6. The molecule has 1 aromatic carbocycles. The van der Waals surface area contributed by atoms with Crippen LogP contribution in [-0.4, -0.2) is 35.3 Å². The number of hydrogen-bond acceptors (Lipinski definition) is 5. The van der Waals surface area contributed by atoms with Gasteiger partial charge in [-0.2, -0.15) is 0 Å². The lowest BCUT2D eigenvalue weighted by Crippen LogP contribution is -2.40. The van der Waals surface area contributed by atoms with Gasteiger partial charge in [-0.25, -0.2) is 4.79 Å². The molecule has 1 aromatic rings. The highest BCUT2D eigenvalue weighted by Gasteiger charge is 2.32. The fourth-order valence-corrected chi connectivity index (χ4v) is 2.10. The van der Waals surface area contributed by atoms with Crippen LogP contribution < -0.4 is 5.32 Å². The smallest absolute Gasteiger partial charge is 0.338 e. The van der Waals surface area contributed by atoms with Gasteiger partial charge in [0, 0.05) is 19.2 Å². The van der Waals surface area contributed by atoms with Gasteiger partial charge in [0.1, 0.15) is 5.69 Å². The molecule has 0 aliphatic heterocycles. The number of carboxylic acid groups (broad SMARTS) is 1. The Labute approximate surface area is 109 Å². The Kier molecular flexibility index (Phi) is 3.66. The third-order valence-corrected chi connectivity index (χ3v) is 3.25. The van der Waals surface area contributed by atoms with Crippen LogP contribution >= 0.6 is 0 Å². The molecule has 0 heterocycles. The normalized spacial score (nSPS) is 21.5. The Morgan fingerprint density at radius 3 is 2.74 bits per heavy atom. The molecule has 0 spiro atoms. The molecule has 7 heteroatoms. The van der Waals surface area contributed by atoms with Crippen LogP contribution in [0, 0.1) is 10.1 Å². The number of aromatic carboxylic acids is 1. The number of hydrogen-bond donors (Lipinski definition) is 2. The van der Waals surface area contributed by atoms with Gasteiger partial charge in [0.15, 0.2) is 0 Å². The molecule has 0 bridgehead atoms. The number of carboxylic acids is 1. The predicted octanol–water partition coefficient (Wildman–Crippen LogP) is 1.88. The van der Waals surface area contributed by atoms with Gasteiger partial charge in [-0.05, 0) is 18.9 Å². The molecular weight excluding hydrogens is 252 g/mol. The van der Waals surface area contributed by atoms with Gasteiger partial charge in [-0.1, -0.05) is 6.07 Å². The van der Waals surface area contributed by atoms with Gasteiger partial charge >= 0.3 is 5.97 Å². The summed E-state index contributed by atoms with van der Waals surface area (Å²) in [6, 6.07) is 4.01. The molecule has 0 aromatic heterocycles. The Morgan fingerprint density at radius 2 is 2.21 bits per heavy atom. The molecule has 1 aliphatic rings. The van der Waals surface area contributed by atoms with Crippen LogP contribution in [-0.2, 0) is 4.74 Å². The molecule has 0 atom stereocenters. The first-order chi connectivity index (χ1) is 9.02. The number of para-hydroxylation sites is 1. The molecule has 19 heavy (non-hydrogen) atoms. The number of nitrogens with one attached hydrogen (secondary N) is 1. The number of methoxy groups -OCH3 is 1. The van der Waals surface area contributed by atoms with Gasteiger partial charge in [-0.15, -0.1) is 0 Å². The van der Waals surface area contributed by atoms with Crippen LogP contribution in [0.5, 0.6) is 0 Å². The van der Waals surface area contributed by atoms with E-state index < -0.39 is 10.9 Å². The molecule has 0 amide bonds. The monoisotopic (exact) mass is 266 g/mol. The van der Waals surface area contributed by atoms with E-state index >= 15 is 0 Å². The van der Waals surface area contributed by atoms with Crippen LogP contribution in [0.25, 0.3) is 0 Å². The SMILES string of the molecule is COC1CC(Nc2c(C(=O)O)cccc2[N+](=O)[O-])C1. The average molecular weight is 266 g/mol. The molecule has 2 N–H and O–H groups in total. The zero-order valence-corrected chi connectivity index (χ0v) is 10.3. The summed E-state index contributed by atoms with van der Waals surface area (Å²) in [6.45, 7) is 0. The van der Waals surface area contributed by atoms with Crippen molar-refractivity contribution in [3.63, 3.8) is 0 Å². The molecule has 1 fully saturated rings. The van der Waals surface area contributed by atoms with Gasteiger partial charge in [0.25, 0.3) is 5.69 Å². The summed E-state index contributed by atoms with van der Waals surface area (Å²) >= 11 is 0. The molecule has 0 radical (unpaired) electrons. The van der Waals surface area contributed by atoms with E-state index in [1.54, 1.807) is 7.11 Å². The second-order valence-corrected chi connectivity index (χ2v) is 4.43. The minimum Gasteiger partial charge on any atom is -0.478 e. The molecular formula is C12H14N2O5. The van der Waals surface area contributed by atoms with Crippen LogP contribution in [0.15, 0.2) is 18.2 Å². The Balaban J connectivity index is 2.26. The number of anilines is 1. The van der Waals surface area contributed by atoms with Crippen molar-refractivity contribution in [3.05, 3.63) is 33.9 Å². The summed E-state index contributed by atoms with van der Waals surface area (Å²) < 4.78 is 5.12. The number of rotatable bonds is 5. The van der Waals surface area contributed by atoms with Gasteiger partial charge in [0.05, 0.1) is 16.6 Å². The number of benzene rings is 1. The molecule has 0 saturated heterocycles. The summed E-state index contributed by atoms with van der Waals surface area (Å²) in [5, 5.41) is 23.0. The van der Waals surface area contributed by atoms with Crippen LogP contribution in [0.3, 0.4) is 0 Å². The van der Waals surface area contributed by atoms with E-state index in [1.165, 1.54) is 18.2 Å². The van der Waals surface area contributed by atoms with Crippen molar-refractivity contribution in [2.45, 2.75) is 25.0 Å².